The Morgan fingerprint density at radius 3 is 2.57 bits per heavy atom. The zero-order valence-electron chi connectivity index (χ0n) is 19.2. The number of aliphatic hydroxyl groups is 2. The monoisotopic (exact) mass is 614 g/mol. The Labute approximate surface area is 223 Å². The molecule has 2 amide bonds. The molecule has 0 aliphatic heterocycles. The van der Waals surface area contributed by atoms with Crippen LogP contribution >= 0.6 is 34.2 Å². The minimum absolute atomic E-state index is 0.0859. The molecule has 8 nitrogen and oxygen atoms in total. The van der Waals surface area contributed by atoms with E-state index < -0.39 is 24.2 Å². The summed E-state index contributed by atoms with van der Waals surface area (Å²) in [6.07, 6.45) is -0.318. The number of hydrogen-bond donors (Lipinski definition) is 3. The van der Waals surface area contributed by atoms with Crippen molar-refractivity contribution in [3.8, 4) is 5.75 Å². The molecule has 2 aromatic carbocycles. The van der Waals surface area contributed by atoms with Gasteiger partial charge in [0.1, 0.15) is 24.6 Å². The van der Waals surface area contributed by atoms with Gasteiger partial charge in [0.15, 0.2) is 0 Å². The first-order valence-electron chi connectivity index (χ1n) is 11.1. The number of para-hydroxylation sites is 1. The Balaban J connectivity index is 1.96. The Kier molecular flexibility index (Phi) is 10.4. The van der Waals surface area contributed by atoms with Gasteiger partial charge in [0.2, 0.25) is 11.8 Å². The second kappa shape index (κ2) is 13.2. The van der Waals surface area contributed by atoms with Crippen LogP contribution in [0.4, 0.5) is 0 Å². The van der Waals surface area contributed by atoms with Crippen LogP contribution in [0, 0.1) is 3.57 Å². The number of amides is 2. The minimum atomic E-state index is -1.12. The third-order valence-corrected chi connectivity index (χ3v) is 6.71. The number of nitrogens with one attached hydrogen (secondary N) is 1. The molecule has 0 saturated carbocycles. The molecule has 35 heavy (non-hydrogen) atoms. The van der Waals surface area contributed by atoms with Crippen molar-refractivity contribution in [1.29, 1.82) is 0 Å². The molecule has 1 aliphatic carbocycles. The van der Waals surface area contributed by atoms with E-state index in [-0.39, 0.29) is 38.6 Å². The van der Waals surface area contributed by atoms with E-state index in [1.807, 2.05) is 18.2 Å². The Bertz CT molecular complexity index is 1050. The van der Waals surface area contributed by atoms with Gasteiger partial charge in [-0.3, -0.25) is 9.59 Å². The lowest BCUT2D eigenvalue weighted by atomic mass is 9.88. The fraction of sp³-hybridized carbons (Fsp3) is 0.360. The van der Waals surface area contributed by atoms with Crippen molar-refractivity contribution in [2.24, 2.45) is 0 Å². The zero-order chi connectivity index (χ0) is 25.4. The van der Waals surface area contributed by atoms with Gasteiger partial charge in [-0.15, -0.1) is 0 Å². The van der Waals surface area contributed by atoms with Gasteiger partial charge in [0.25, 0.3) is 0 Å². The number of ether oxygens (including phenoxy) is 2. The van der Waals surface area contributed by atoms with Gasteiger partial charge in [0, 0.05) is 37.2 Å². The Morgan fingerprint density at radius 2 is 1.91 bits per heavy atom. The highest BCUT2D eigenvalue weighted by Crippen LogP contribution is 2.30. The fourth-order valence-corrected chi connectivity index (χ4v) is 4.49. The van der Waals surface area contributed by atoms with E-state index in [2.05, 4.69) is 27.9 Å². The maximum atomic E-state index is 13.1. The van der Waals surface area contributed by atoms with Crippen LogP contribution in [0.2, 0.25) is 5.02 Å². The summed E-state index contributed by atoms with van der Waals surface area (Å²) in [6.45, 7) is -0.123. The van der Waals surface area contributed by atoms with E-state index in [0.29, 0.717) is 16.3 Å². The van der Waals surface area contributed by atoms with Crippen molar-refractivity contribution < 1.29 is 29.3 Å². The lowest BCUT2D eigenvalue weighted by molar-refractivity contribution is -0.143. The molecule has 3 atom stereocenters. The molecule has 0 heterocycles. The lowest BCUT2D eigenvalue weighted by Gasteiger charge is -2.40. The number of benzene rings is 2. The fourth-order valence-electron chi connectivity index (χ4n) is 3.85. The van der Waals surface area contributed by atoms with Crippen molar-refractivity contribution in [2.45, 2.75) is 31.2 Å². The van der Waals surface area contributed by atoms with Crippen LogP contribution < -0.4 is 10.1 Å². The van der Waals surface area contributed by atoms with Crippen LogP contribution in [0.1, 0.15) is 12.0 Å². The molecule has 3 N–H and O–H groups in total. The summed E-state index contributed by atoms with van der Waals surface area (Å²) in [6, 6.07) is 13.6. The van der Waals surface area contributed by atoms with Gasteiger partial charge in [-0.1, -0.05) is 35.9 Å². The first-order valence-corrected chi connectivity index (χ1v) is 12.5. The maximum absolute atomic E-state index is 13.1. The lowest BCUT2D eigenvalue weighted by Crippen LogP contribution is -2.55. The zero-order valence-corrected chi connectivity index (χ0v) is 22.1. The Morgan fingerprint density at radius 1 is 1.20 bits per heavy atom. The van der Waals surface area contributed by atoms with Crippen LogP contribution in [0.3, 0.4) is 0 Å². The van der Waals surface area contributed by atoms with E-state index in [9.17, 15) is 14.7 Å². The van der Waals surface area contributed by atoms with Crippen molar-refractivity contribution in [1.82, 2.24) is 10.2 Å². The summed E-state index contributed by atoms with van der Waals surface area (Å²) in [5, 5.41) is 23.7. The molecule has 0 saturated heterocycles. The number of hydrogen-bond acceptors (Lipinski definition) is 6. The average molecular weight is 615 g/mol. The number of methoxy groups -OCH3 is 1. The summed E-state index contributed by atoms with van der Waals surface area (Å²) < 4.78 is 12.0. The van der Waals surface area contributed by atoms with Gasteiger partial charge in [-0.25, -0.2) is 0 Å². The molecule has 0 radical (unpaired) electrons. The summed E-state index contributed by atoms with van der Waals surface area (Å²) in [4.78, 5) is 27.4. The molecular weight excluding hydrogens is 587 g/mol. The van der Waals surface area contributed by atoms with E-state index >= 15 is 0 Å². The summed E-state index contributed by atoms with van der Waals surface area (Å²) in [5.41, 5.74) is 1.16. The molecule has 0 aromatic heterocycles. The van der Waals surface area contributed by atoms with Gasteiger partial charge in [-0.05, 0) is 58.5 Å². The van der Waals surface area contributed by atoms with Crippen molar-refractivity contribution >= 4 is 46.0 Å². The SMILES string of the molecule is COCC(=O)N(Cc1ccc(Cl)cc1)[C@@H]1CC(C(=O)NCCO)=C[C@H](Oc2ccccc2I)[C@H]1O. The van der Waals surface area contributed by atoms with Crippen LogP contribution in [0.5, 0.6) is 5.75 Å². The van der Waals surface area contributed by atoms with E-state index in [1.165, 1.54) is 12.0 Å². The number of nitrogens with zero attached hydrogens (tertiary/aromatic N) is 1. The van der Waals surface area contributed by atoms with Gasteiger partial charge >= 0.3 is 0 Å². The first kappa shape index (κ1) is 27.4. The molecule has 188 valence electrons. The molecule has 2 aromatic rings. The van der Waals surface area contributed by atoms with Gasteiger partial charge in [-0.2, -0.15) is 0 Å². The summed E-state index contributed by atoms with van der Waals surface area (Å²) in [5.74, 6) is -0.175. The second-order valence-corrected chi connectivity index (χ2v) is 9.63. The largest absolute Gasteiger partial charge is 0.482 e. The number of rotatable bonds is 10. The highest BCUT2D eigenvalue weighted by Gasteiger charge is 2.40. The van der Waals surface area contributed by atoms with Crippen LogP contribution in [-0.4, -0.2) is 72.0 Å². The molecule has 0 spiro atoms. The van der Waals surface area contributed by atoms with E-state index in [1.54, 1.807) is 36.4 Å². The normalized spacial score (nSPS) is 19.6. The molecule has 0 fully saturated rings. The third-order valence-electron chi connectivity index (χ3n) is 5.57. The highest BCUT2D eigenvalue weighted by molar-refractivity contribution is 14.1. The number of halogens is 2. The first-order chi connectivity index (χ1) is 16.8. The van der Waals surface area contributed by atoms with Crippen molar-refractivity contribution in [3.63, 3.8) is 0 Å². The molecule has 10 heteroatoms. The van der Waals surface area contributed by atoms with E-state index in [4.69, 9.17) is 26.2 Å². The average Bonchev–Trinajstić information content (AvgIpc) is 2.85. The minimum Gasteiger partial charge on any atom is -0.482 e. The van der Waals surface area contributed by atoms with Crippen LogP contribution in [-0.2, 0) is 20.9 Å². The van der Waals surface area contributed by atoms with Crippen LogP contribution in [0.25, 0.3) is 0 Å². The molecule has 0 bridgehead atoms. The van der Waals surface area contributed by atoms with Crippen molar-refractivity contribution in [2.75, 3.05) is 26.9 Å². The quantitative estimate of drug-likeness (QED) is 0.355. The molecular formula is C25H28ClIN2O6. The summed E-state index contributed by atoms with van der Waals surface area (Å²) in [7, 11) is 1.42. The second-order valence-electron chi connectivity index (χ2n) is 8.03. The van der Waals surface area contributed by atoms with Gasteiger partial charge < -0.3 is 29.9 Å². The Hall–Kier alpha value is -2.18. The van der Waals surface area contributed by atoms with Gasteiger partial charge in [0.05, 0.1) is 16.2 Å². The smallest absolute Gasteiger partial charge is 0.249 e. The maximum Gasteiger partial charge on any atom is 0.249 e. The predicted octanol–water partition coefficient (Wildman–Crippen LogP) is 2.54. The third kappa shape index (κ3) is 7.40. The number of carbonyl (C=O) groups excluding carboxylic acids is 2. The number of aliphatic hydroxyl groups excluding tert-OH is 2. The molecule has 1 aliphatic rings. The summed E-state index contributed by atoms with van der Waals surface area (Å²) >= 11 is 8.14. The molecule has 0 unspecified atom stereocenters. The predicted molar refractivity (Wildman–Crippen MR) is 140 cm³/mol. The molecule has 3 rings (SSSR count). The van der Waals surface area contributed by atoms with E-state index in [0.717, 1.165) is 9.13 Å². The van der Waals surface area contributed by atoms with Crippen LogP contribution in [0.15, 0.2) is 60.2 Å². The topological polar surface area (TPSA) is 108 Å². The standard InChI is InChI=1S/C25H28ClIN2O6/c1-34-15-23(31)29(14-16-6-8-18(26)9-7-16)20-12-17(25(33)28-10-11-30)13-22(24(20)32)35-21-5-3-2-4-19(21)27/h2-9,13,20,22,24,30,32H,10-12,14-15H2,1H3,(H,28,33)/t20-,22+,24+/m1/s1. The highest BCUT2D eigenvalue weighted by atomic mass is 127. The van der Waals surface area contributed by atoms with Crippen molar-refractivity contribution in [3.05, 3.63) is 74.3 Å². The number of carbonyl (C=O) groups is 2.